The van der Waals surface area contributed by atoms with Gasteiger partial charge in [-0.15, -0.1) is 0 Å². The number of nitro groups is 1. The van der Waals surface area contributed by atoms with E-state index in [4.69, 9.17) is 0 Å². The SMILES string of the molecule is O=C1CCC([N+](=O)[O-])C2(O)CCCCCCCCCCC12. The van der Waals surface area contributed by atoms with E-state index < -0.39 is 17.6 Å². The van der Waals surface area contributed by atoms with Crippen molar-refractivity contribution in [1.29, 1.82) is 0 Å². The molecule has 2 saturated carbocycles. The fraction of sp³-hybridized carbons (Fsp3) is 0.938. The van der Waals surface area contributed by atoms with Gasteiger partial charge in [0.2, 0.25) is 6.04 Å². The van der Waals surface area contributed by atoms with Gasteiger partial charge in [-0.2, -0.15) is 0 Å². The Kier molecular flexibility index (Phi) is 5.73. The second-order valence-electron chi connectivity index (χ2n) is 6.72. The summed E-state index contributed by atoms with van der Waals surface area (Å²) in [6.45, 7) is 0. The highest BCUT2D eigenvalue weighted by molar-refractivity contribution is 5.83. The first-order valence-corrected chi connectivity index (χ1v) is 8.44. The molecular weight excluding hydrogens is 270 g/mol. The van der Waals surface area contributed by atoms with Gasteiger partial charge in [0.1, 0.15) is 11.4 Å². The van der Waals surface area contributed by atoms with Crippen LogP contribution in [-0.2, 0) is 4.79 Å². The normalized spacial score (nSPS) is 36.1. The van der Waals surface area contributed by atoms with Crippen LogP contribution in [0.1, 0.15) is 77.0 Å². The molecule has 0 saturated heterocycles. The molecule has 3 atom stereocenters. The quantitative estimate of drug-likeness (QED) is 0.595. The van der Waals surface area contributed by atoms with Gasteiger partial charge in [-0.1, -0.05) is 51.4 Å². The Morgan fingerprint density at radius 2 is 1.57 bits per heavy atom. The lowest BCUT2D eigenvalue weighted by Crippen LogP contribution is -2.58. The fourth-order valence-electron chi connectivity index (χ4n) is 4.07. The maximum absolute atomic E-state index is 12.2. The molecular formula is C16H27NO4. The van der Waals surface area contributed by atoms with E-state index in [9.17, 15) is 20.0 Å². The average molecular weight is 297 g/mol. The van der Waals surface area contributed by atoms with Crippen molar-refractivity contribution in [2.24, 2.45) is 5.92 Å². The molecule has 2 rings (SSSR count). The summed E-state index contributed by atoms with van der Waals surface area (Å²) in [6.07, 6.45) is 9.91. The van der Waals surface area contributed by atoms with E-state index in [1.54, 1.807) is 0 Å². The summed E-state index contributed by atoms with van der Waals surface area (Å²) in [6, 6.07) is -0.969. The molecule has 120 valence electrons. The lowest BCUT2D eigenvalue weighted by atomic mass is 9.67. The van der Waals surface area contributed by atoms with E-state index in [-0.39, 0.29) is 23.5 Å². The summed E-state index contributed by atoms with van der Waals surface area (Å²) >= 11 is 0. The third kappa shape index (κ3) is 3.82. The molecule has 1 N–H and O–H groups in total. The van der Waals surface area contributed by atoms with Gasteiger partial charge in [0.15, 0.2) is 0 Å². The van der Waals surface area contributed by atoms with Crippen molar-refractivity contribution < 1.29 is 14.8 Å². The Morgan fingerprint density at radius 3 is 2.19 bits per heavy atom. The highest BCUT2D eigenvalue weighted by Crippen LogP contribution is 2.40. The minimum atomic E-state index is -1.42. The fourth-order valence-corrected chi connectivity index (χ4v) is 4.07. The van der Waals surface area contributed by atoms with Crippen LogP contribution < -0.4 is 0 Å². The first kappa shape index (κ1) is 16.4. The third-order valence-corrected chi connectivity index (χ3v) is 5.31. The molecule has 0 spiro atoms. The topological polar surface area (TPSA) is 80.4 Å². The van der Waals surface area contributed by atoms with E-state index in [0.717, 1.165) is 38.5 Å². The Hall–Kier alpha value is -0.970. The molecule has 21 heavy (non-hydrogen) atoms. The van der Waals surface area contributed by atoms with Crippen molar-refractivity contribution in [3.05, 3.63) is 10.1 Å². The number of nitrogens with zero attached hydrogens (tertiary/aromatic N) is 1. The van der Waals surface area contributed by atoms with Crippen LogP contribution in [0.2, 0.25) is 0 Å². The van der Waals surface area contributed by atoms with E-state index in [1.807, 2.05) is 0 Å². The summed E-state index contributed by atoms with van der Waals surface area (Å²) < 4.78 is 0. The molecule has 0 aromatic heterocycles. The Bertz CT molecular complexity index is 384. The molecule has 2 aliphatic carbocycles. The van der Waals surface area contributed by atoms with E-state index in [1.165, 1.54) is 12.8 Å². The van der Waals surface area contributed by atoms with Crippen molar-refractivity contribution in [1.82, 2.24) is 0 Å². The molecule has 0 bridgehead atoms. The molecule has 0 aromatic rings. The maximum Gasteiger partial charge on any atom is 0.242 e. The van der Waals surface area contributed by atoms with Gasteiger partial charge in [0.25, 0.3) is 0 Å². The number of hydrogen-bond donors (Lipinski definition) is 1. The van der Waals surface area contributed by atoms with Crippen molar-refractivity contribution in [3.8, 4) is 0 Å². The Labute approximate surface area is 126 Å². The Morgan fingerprint density at radius 1 is 1.00 bits per heavy atom. The maximum atomic E-state index is 12.2. The summed E-state index contributed by atoms with van der Waals surface area (Å²) in [5.74, 6) is -0.492. The number of ketones is 1. The van der Waals surface area contributed by atoms with Crippen LogP contribution in [-0.4, -0.2) is 27.5 Å². The lowest BCUT2D eigenvalue weighted by molar-refractivity contribution is -0.551. The van der Waals surface area contributed by atoms with Crippen molar-refractivity contribution in [2.75, 3.05) is 0 Å². The molecule has 3 unspecified atom stereocenters. The van der Waals surface area contributed by atoms with Gasteiger partial charge in [0.05, 0.1) is 5.92 Å². The van der Waals surface area contributed by atoms with Crippen molar-refractivity contribution in [2.45, 2.75) is 88.7 Å². The summed E-state index contributed by atoms with van der Waals surface area (Å²) in [4.78, 5) is 23.2. The Balaban J connectivity index is 2.18. The molecule has 2 fully saturated rings. The predicted octanol–water partition coefficient (Wildman–Crippen LogP) is 3.26. The number of fused-ring (bicyclic) bond motifs is 1. The molecule has 0 radical (unpaired) electrons. The van der Waals surface area contributed by atoms with Crippen molar-refractivity contribution in [3.63, 3.8) is 0 Å². The second kappa shape index (κ2) is 7.34. The minimum absolute atomic E-state index is 0.0349. The van der Waals surface area contributed by atoms with E-state index >= 15 is 0 Å². The average Bonchev–Trinajstić information content (AvgIpc) is 2.41. The summed E-state index contributed by atoms with van der Waals surface area (Å²) in [5.41, 5.74) is -1.42. The molecule has 0 aromatic carbocycles. The van der Waals surface area contributed by atoms with E-state index in [0.29, 0.717) is 12.8 Å². The zero-order chi connectivity index (χ0) is 15.3. The second-order valence-corrected chi connectivity index (χ2v) is 6.72. The number of Topliss-reactive ketones (excluding diaryl/α,β-unsaturated/α-hetero) is 1. The third-order valence-electron chi connectivity index (χ3n) is 5.31. The molecule has 2 aliphatic rings. The summed E-state index contributed by atoms with van der Waals surface area (Å²) in [7, 11) is 0. The minimum Gasteiger partial charge on any atom is -0.382 e. The predicted molar refractivity (Wildman–Crippen MR) is 79.6 cm³/mol. The van der Waals surface area contributed by atoms with Gasteiger partial charge in [-0.05, 0) is 12.8 Å². The molecule has 5 nitrogen and oxygen atoms in total. The van der Waals surface area contributed by atoms with Crippen molar-refractivity contribution >= 4 is 5.78 Å². The largest absolute Gasteiger partial charge is 0.382 e. The summed E-state index contributed by atoms with van der Waals surface area (Å²) in [5, 5.41) is 22.3. The molecule has 0 aliphatic heterocycles. The molecule has 0 amide bonds. The van der Waals surface area contributed by atoms with Crippen LogP contribution >= 0.6 is 0 Å². The highest BCUT2D eigenvalue weighted by atomic mass is 16.6. The number of carbonyl (C=O) groups excluding carboxylic acids is 1. The number of aliphatic hydroxyl groups is 1. The lowest BCUT2D eigenvalue weighted by Gasteiger charge is -2.40. The zero-order valence-electron chi connectivity index (χ0n) is 12.8. The first-order valence-electron chi connectivity index (χ1n) is 8.44. The number of hydrogen-bond acceptors (Lipinski definition) is 4. The van der Waals surface area contributed by atoms with Gasteiger partial charge in [0, 0.05) is 17.8 Å². The monoisotopic (exact) mass is 297 g/mol. The zero-order valence-corrected chi connectivity index (χ0v) is 12.8. The standard InChI is InChI=1S/C16H27NO4/c18-14-10-11-15(17(20)21)16(19)12-8-6-4-2-1-3-5-7-9-13(14)16/h13,15,19H,1-12H2. The molecule has 5 heteroatoms. The van der Waals surface area contributed by atoms with Crippen LogP contribution in [0.3, 0.4) is 0 Å². The van der Waals surface area contributed by atoms with Gasteiger partial charge in [-0.25, -0.2) is 0 Å². The highest BCUT2D eigenvalue weighted by Gasteiger charge is 2.55. The van der Waals surface area contributed by atoms with Crippen LogP contribution in [0.4, 0.5) is 0 Å². The van der Waals surface area contributed by atoms with Crippen LogP contribution in [0.25, 0.3) is 0 Å². The van der Waals surface area contributed by atoms with Gasteiger partial charge >= 0.3 is 0 Å². The van der Waals surface area contributed by atoms with E-state index in [2.05, 4.69) is 0 Å². The van der Waals surface area contributed by atoms with Crippen LogP contribution in [0, 0.1) is 16.0 Å². The number of rotatable bonds is 1. The van der Waals surface area contributed by atoms with Gasteiger partial charge < -0.3 is 5.11 Å². The number of carbonyl (C=O) groups is 1. The van der Waals surface area contributed by atoms with Crippen LogP contribution in [0.15, 0.2) is 0 Å². The smallest absolute Gasteiger partial charge is 0.242 e. The van der Waals surface area contributed by atoms with Crippen LogP contribution in [0.5, 0.6) is 0 Å². The first-order chi connectivity index (χ1) is 10.1. The van der Waals surface area contributed by atoms with Gasteiger partial charge in [-0.3, -0.25) is 14.9 Å². The molecule has 0 heterocycles.